The Morgan fingerprint density at radius 1 is 0.577 bits per heavy atom. The molecule has 0 aliphatic rings. The third kappa shape index (κ3) is 8.04. The quantitative estimate of drug-likeness (QED) is 0.343. The van der Waals surface area contributed by atoms with Crippen molar-refractivity contribution < 1.29 is 0 Å². The smallest absolute Gasteiger partial charge is 0.0238 e. The lowest BCUT2D eigenvalue weighted by Crippen LogP contribution is -1.93. The zero-order valence-electron chi connectivity index (χ0n) is 16.8. The van der Waals surface area contributed by atoms with Crippen molar-refractivity contribution in [3.8, 4) is 0 Å². The van der Waals surface area contributed by atoms with Gasteiger partial charge in [-0.3, -0.25) is 0 Å². The van der Waals surface area contributed by atoms with E-state index < -0.39 is 0 Å². The van der Waals surface area contributed by atoms with Crippen LogP contribution in [-0.2, 0) is 19.3 Å². The molecular weight excluding hydrogens is 312 g/mol. The first-order valence-corrected chi connectivity index (χ1v) is 10.6. The molecule has 0 unspecified atom stereocenters. The monoisotopic (exact) mass is 348 g/mol. The van der Waals surface area contributed by atoms with Crippen LogP contribution in [0.1, 0.15) is 81.0 Å². The molecule has 0 atom stereocenters. The first-order chi connectivity index (χ1) is 12.8. The van der Waals surface area contributed by atoms with Gasteiger partial charge in [0.1, 0.15) is 0 Å². The van der Waals surface area contributed by atoms with Gasteiger partial charge in [-0.25, -0.2) is 0 Å². The summed E-state index contributed by atoms with van der Waals surface area (Å²) >= 11 is 0. The van der Waals surface area contributed by atoms with Gasteiger partial charge >= 0.3 is 0 Å². The fraction of sp³-hybridized carbons (Fsp3) is 0.462. The molecule has 0 N–H and O–H groups in total. The highest BCUT2D eigenvalue weighted by Crippen LogP contribution is 2.13. The van der Waals surface area contributed by atoms with Crippen LogP contribution in [0.25, 0.3) is 6.08 Å². The normalized spacial score (nSPS) is 11.3. The Bertz CT molecular complexity index is 616. The van der Waals surface area contributed by atoms with Crippen molar-refractivity contribution in [1.82, 2.24) is 0 Å². The molecule has 2 rings (SSSR count). The van der Waals surface area contributed by atoms with Gasteiger partial charge in [-0.1, -0.05) is 107 Å². The summed E-state index contributed by atoms with van der Waals surface area (Å²) < 4.78 is 0. The van der Waals surface area contributed by atoms with Crippen LogP contribution >= 0.6 is 0 Å². The third-order valence-electron chi connectivity index (χ3n) is 5.04. The Hall–Kier alpha value is -1.82. The van der Waals surface area contributed by atoms with E-state index in [1.165, 1.54) is 67.2 Å². The molecule has 0 heterocycles. The second-order valence-corrected chi connectivity index (χ2v) is 7.41. The Labute approximate surface area is 161 Å². The summed E-state index contributed by atoms with van der Waals surface area (Å²) in [5, 5.41) is 0. The van der Waals surface area contributed by atoms with Crippen molar-refractivity contribution in [3.63, 3.8) is 0 Å². The SMILES string of the molecule is CCC/C=C/c1ccc(CCc2ccc(CCCCCCC)cc2)cc1. The van der Waals surface area contributed by atoms with Gasteiger partial charge in [0, 0.05) is 0 Å². The third-order valence-corrected chi connectivity index (χ3v) is 5.04. The van der Waals surface area contributed by atoms with Gasteiger partial charge in [-0.15, -0.1) is 0 Å². The molecule has 0 aliphatic carbocycles. The molecule has 2 aromatic carbocycles. The highest BCUT2D eigenvalue weighted by molar-refractivity contribution is 5.49. The summed E-state index contributed by atoms with van der Waals surface area (Å²) in [6.45, 7) is 4.49. The zero-order valence-corrected chi connectivity index (χ0v) is 16.8. The highest BCUT2D eigenvalue weighted by Gasteiger charge is 1.98. The predicted molar refractivity (Wildman–Crippen MR) is 117 cm³/mol. The fourth-order valence-corrected chi connectivity index (χ4v) is 3.28. The average Bonchev–Trinajstić information content (AvgIpc) is 2.68. The number of rotatable bonds is 12. The molecule has 0 fully saturated rings. The number of benzene rings is 2. The standard InChI is InChI=1S/C26H36/c1-3-5-7-8-10-12-24-15-19-26(20-16-24)22-21-25-17-13-23(14-18-25)11-9-6-4-2/h9,11,13-20H,3-8,10,12,21-22H2,1-2H3/b11-9+. The van der Waals surface area contributed by atoms with Crippen LogP contribution in [0.5, 0.6) is 0 Å². The molecule has 0 amide bonds. The Kier molecular flexibility index (Phi) is 9.87. The molecule has 0 bridgehead atoms. The average molecular weight is 349 g/mol. The molecular formula is C26H36. The molecule has 0 spiro atoms. The largest absolute Gasteiger partial charge is 0.0840 e. The van der Waals surface area contributed by atoms with Gasteiger partial charge in [0.25, 0.3) is 0 Å². The van der Waals surface area contributed by atoms with Crippen molar-refractivity contribution in [2.24, 2.45) is 0 Å². The molecule has 0 heteroatoms. The van der Waals surface area contributed by atoms with E-state index in [9.17, 15) is 0 Å². The zero-order chi connectivity index (χ0) is 18.5. The van der Waals surface area contributed by atoms with Crippen molar-refractivity contribution in [2.45, 2.75) is 78.1 Å². The maximum Gasteiger partial charge on any atom is -0.0238 e. The molecule has 140 valence electrons. The van der Waals surface area contributed by atoms with E-state index in [-0.39, 0.29) is 0 Å². The molecule has 2 aromatic rings. The Morgan fingerprint density at radius 3 is 1.69 bits per heavy atom. The van der Waals surface area contributed by atoms with Gasteiger partial charge in [0.05, 0.1) is 0 Å². The van der Waals surface area contributed by atoms with Crippen molar-refractivity contribution in [3.05, 3.63) is 76.9 Å². The lowest BCUT2D eigenvalue weighted by atomic mass is 10.0. The predicted octanol–water partition coefficient (Wildman–Crippen LogP) is 7.80. The second-order valence-electron chi connectivity index (χ2n) is 7.41. The molecule has 0 aliphatic heterocycles. The van der Waals surface area contributed by atoms with Crippen LogP contribution < -0.4 is 0 Å². The summed E-state index contributed by atoms with van der Waals surface area (Å²) in [5.41, 5.74) is 5.68. The molecule has 0 saturated heterocycles. The first kappa shape index (κ1) is 20.5. The number of aryl methyl sites for hydroxylation is 3. The second kappa shape index (κ2) is 12.5. The van der Waals surface area contributed by atoms with Crippen LogP contribution in [0.4, 0.5) is 0 Å². The number of allylic oxidation sites excluding steroid dienone is 1. The van der Waals surface area contributed by atoms with E-state index in [0.29, 0.717) is 0 Å². The van der Waals surface area contributed by atoms with Gasteiger partial charge in [0.2, 0.25) is 0 Å². The first-order valence-electron chi connectivity index (χ1n) is 10.6. The number of unbranched alkanes of at least 4 members (excludes halogenated alkanes) is 5. The van der Waals surface area contributed by atoms with Crippen molar-refractivity contribution >= 4 is 6.08 Å². The lowest BCUT2D eigenvalue weighted by Gasteiger charge is -2.06. The summed E-state index contributed by atoms with van der Waals surface area (Å²) in [5.74, 6) is 0. The van der Waals surface area contributed by atoms with Crippen molar-refractivity contribution in [2.75, 3.05) is 0 Å². The van der Waals surface area contributed by atoms with Crippen LogP contribution in [0.3, 0.4) is 0 Å². The van der Waals surface area contributed by atoms with Crippen LogP contribution in [-0.4, -0.2) is 0 Å². The lowest BCUT2D eigenvalue weighted by molar-refractivity contribution is 0.632. The number of hydrogen-bond donors (Lipinski definition) is 0. The van der Waals surface area contributed by atoms with E-state index >= 15 is 0 Å². The van der Waals surface area contributed by atoms with E-state index in [4.69, 9.17) is 0 Å². The summed E-state index contributed by atoms with van der Waals surface area (Å²) in [6, 6.07) is 18.3. The minimum Gasteiger partial charge on any atom is -0.0840 e. The number of hydrogen-bond acceptors (Lipinski definition) is 0. The summed E-state index contributed by atoms with van der Waals surface area (Å²) in [7, 11) is 0. The van der Waals surface area contributed by atoms with Crippen LogP contribution in [0.15, 0.2) is 54.6 Å². The topological polar surface area (TPSA) is 0 Å². The van der Waals surface area contributed by atoms with E-state index in [0.717, 1.165) is 19.3 Å². The Balaban J connectivity index is 1.73. The molecule has 26 heavy (non-hydrogen) atoms. The molecule has 0 radical (unpaired) electrons. The maximum absolute atomic E-state index is 2.33. The highest BCUT2D eigenvalue weighted by atomic mass is 14.0. The summed E-state index contributed by atoms with van der Waals surface area (Å²) in [6.07, 6.45) is 17.2. The van der Waals surface area contributed by atoms with Crippen molar-refractivity contribution in [1.29, 1.82) is 0 Å². The minimum atomic E-state index is 1.12. The van der Waals surface area contributed by atoms with E-state index in [2.05, 4.69) is 74.5 Å². The molecule has 0 saturated carbocycles. The van der Waals surface area contributed by atoms with Gasteiger partial charge < -0.3 is 0 Å². The maximum atomic E-state index is 2.33. The molecule has 0 aromatic heterocycles. The van der Waals surface area contributed by atoms with E-state index in [1.807, 2.05) is 0 Å². The van der Waals surface area contributed by atoms with Gasteiger partial charge in [0.15, 0.2) is 0 Å². The van der Waals surface area contributed by atoms with E-state index in [1.54, 1.807) is 0 Å². The molecule has 0 nitrogen and oxygen atoms in total. The van der Waals surface area contributed by atoms with Gasteiger partial charge in [-0.2, -0.15) is 0 Å². The Morgan fingerprint density at radius 2 is 1.12 bits per heavy atom. The fourth-order valence-electron chi connectivity index (χ4n) is 3.28. The van der Waals surface area contributed by atoms with Crippen LogP contribution in [0.2, 0.25) is 0 Å². The van der Waals surface area contributed by atoms with Crippen LogP contribution in [0, 0.1) is 0 Å². The summed E-state index contributed by atoms with van der Waals surface area (Å²) in [4.78, 5) is 0. The minimum absolute atomic E-state index is 1.12. The van der Waals surface area contributed by atoms with Gasteiger partial charge in [-0.05, 0) is 54.4 Å².